The Balaban J connectivity index is 2.40. The molecule has 5 heteroatoms. The van der Waals surface area contributed by atoms with Crippen molar-refractivity contribution in [2.45, 2.75) is 32.1 Å². The lowest BCUT2D eigenvalue weighted by Gasteiger charge is -1.93. The molecule has 1 rings (SSSR count). The molecule has 4 nitrogen and oxygen atoms in total. The highest BCUT2D eigenvalue weighted by Crippen LogP contribution is 2.12. The van der Waals surface area contributed by atoms with Gasteiger partial charge in [-0.05, 0) is 19.1 Å². The van der Waals surface area contributed by atoms with Gasteiger partial charge in [0.25, 0.3) is 0 Å². The van der Waals surface area contributed by atoms with Crippen LogP contribution in [0.15, 0.2) is 4.52 Å². The summed E-state index contributed by atoms with van der Waals surface area (Å²) in [6.45, 7) is 3.98. The topological polar surface area (TPSA) is 64.9 Å². The normalized spacial score (nSPS) is 13.2. The second-order valence-electron chi connectivity index (χ2n) is 2.89. The second-order valence-corrected chi connectivity index (χ2v) is 4.00. The first-order chi connectivity index (χ1) is 6.24. The van der Waals surface area contributed by atoms with Crippen LogP contribution in [0.1, 0.15) is 38.0 Å². The molecule has 0 aliphatic carbocycles. The van der Waals surface area contributed by atoms with Crippen LogP contribution in [0.25, 0.3) is 0 Å². The Hall–Kier alpha value is -0.550. The van der Waals surface area contributed by atoms with E-state index in [-0.39, 0.29) is 6.04 Å². The van der Waals surface area contributed by atoms with Gasteiger partial charge in [0.1, 0.15) is 0 Å². The molecule has 13 heavy (non-hydrogen) atoms. The molecule has 0 fully saturated rings. The van der Waals surface area contributed by atoms with E-state index in [1.165, 1.54) is 6.42 Å². The zero-order chi connectivity index (χ0) is 9.68. The third-order valence-electron chi connectivity index (χ3n) is 1.45. The minimum Gasteiger partial charge on any atom is -0.338 e. The maximum atomic E-state index is 5.58. The van der Waals surface area contributed by atoms with E-state index in [0.717, 1.165) is 17.3 Å². The fourth-order valence-electron chi connectivity index (χ4n) is 0.819. The summed E-state index contributed by atoms with van der Waals surface area (Å²) >= 11 is 1.81. The van der Waals surface area contributed by atoms with Crippen molar-refractivity contribution in [1.29, 1.82) is 0 Å². The second kappa shape index (κ2) is 5.24. The minimum absolute atomic E-state index is 0.169. The lowest BCUT2D eigenvalue weighted by atomic mass is 10.4. The number of aromatic nitrogens is 2. The van der Waals surface area contributed by atoms with Gasteiger partial charge in [-0.3, -0.25) is 0 Å². The maximum absolute atomic E-state index is 5.58. The van der Waals surface area contributed by atoms with Gasteiger partial charge in [0.05, 0.1) is 11.8 Å². The molecule has 2 N–H and O–H groups in total. The Morgan fingerprint density at radius 2 is 2.38 bits per heavy atom. The van der Waals surface area contributed by atoms with E-state index in [0.29, 0.717) is 5.89 Å². The zero-order valence-corrected chi connectivity index (χ0v) is 8.80. The van der Waals surface area contributed by atoms with Gasteiger partial charge in [-0.2, -0.15) is 16.7 Å². The van der Waals surface area contributed by atoms with E-state index in [9.17, 15) is 0 Å². The van der Waals surface area contributed by atoms with Gasteiger partial charge >= 0.3 is 0 Å². The number of nitrogens with zero attached hydrogens (tertiary/aromatic N) is 2. The number of thioether (sulfide) groups is 1. The number of rotatable bonds is 5. The minimum atomic E-state index is -0.169. The average Bonchev–Trinajstić information content (AvgIpc) is 2.53. The molecule has 0 saturated heterocycles. The zero-order valence-electron chi connectivity index (χ0n) is 7.99. The van der Waals surface area contributed by atoms with Crippen molar-refractivity contribution < 1.29 is 4.52 Å². The monoisotopic (exact) mass is 201 g/mol. The van der Waals surface area contributed by atoms with E-state index in [1.54, 1.807) is 11.8 Å². The summed E-state index contributed by atoms with van der Waals surface area (Å²) in [5, 5.41) is 3.82. The Morgan fingerprint density at radius 3 is 2.92 bits per heavy atom. The predicted octanol–water partition coefficient (Wildman–Crippen LogP) is 1.73. The molecule has 1 atom stereocenters. The van der Waals surface area contributed by atoms with E-state index in [4.69, 9.17) is 10.3 Å². The van der Waals surface area contributed by atoms with Crippen LogP contribution in [0.5, 0.6) is 0 Å². The van der Waals surface area contributed by atoms with Gasteiger partial charge in [-0.25, -0.2) is 0 Å². The Kier molecular flexibility index (Phi) is 4.24. The van der Waals surface area contributed by atoms with Crippen LogP contribution in [-0.4, -0.2) is 15.9 Å². The van der Waals surface area contributed by atoms with Crippen molar-refractivity contribution in [3.8, 4) is 0 Å². The van der Waals surface area contributed by atoms with Crippen LogP contribution in [0.2, 0.25) is 0 Å². The quantitative estimate of drug-likeness (QED) is 0.735. The standard InChI is InChI=1S/C8H15N3OS/c1-3-4-13-5-7-10-8(6(2)9)12-11-7/h6H,3-5,9H2,1-2H3/t6-/m1/s1. The van der Waals surface area contributed by atoms with Crippen LogP contribution in [0.4, 0.5) is 0 Å². The maximum Gasteiger partial charge on any atom is 0.243 e. The molecule has 1 heterocycles. The SMILES string of the molecule is CCCSCc1noc([C@@H](C)N)n1. The fourth-order valence-corrected chi connectivity index (χ4v) is 1.55. The largest absolute Gasteiger partial charge is 0.338 e. The lowest BCUT2D eigenvalue weighted by molar-refractivity contribution is 0.358. The highest BCUT2D eigenvalue weighted by Gasteiger charge is 2.09. The first-order valence-electron chi connectivity index (χ1n) is 4.39. The molecule has 0 unspecified atom stereocenters. The number of nitrogens with two attached hydrogens (primary N) is 1. The van der Waals surface area contributed by atoms with Gasteiger partial charge in [-0.15, -0.1) is 0 Å². The van der Waals surface area contributed by atoms with Gasteiger partial charge in [0.2, 0.25) is 5.89 Å². The Labute approximate surface area is 82.3 Å². The average molecular weight is 201 g/mol. The molecular formula is C8H15N3OS. The summed E-state index contributed by atoms with van der Waals surface area (Å²) in [6, 6.07) is -0.169. The molecule has 0 spiro atoms. The Morgan fingerprint density at radius 1 is 1.62 bits per heavy atom. The van der Waals surface area contributed by atoms with Crippen LogP contribution >= 0.6 is 11.8 Å². The molecule has 0 saturated carbocycles. The third-order valence-corrected chi connectivity index (χ3v) is 2.61. The first kappa shape index (κ1) is 10.5. The predicted molar refractivity (Wildman–Crippen MR) is 53.4 cm³/mol. The highest BCUT2D eigenvalue weighted by molar-refractivity contribution is 7.98. The van der Waals surface area contributed by atoms with E-state index >= 15 is 0 Å². The van der Waals surface area contributed by atoms with Gasteiger partial charge < -0.3 is 10.3 Å². The van der Waals surface area contributed by atoms with Crippen molar-refractivity contribution in [2.24, 2.45) is 5.73 Å². The van der Waals surface area contributed by atoms with Crippen LogP contribution in [-0.2, 0) is 5.75 Å². The van der Waals surface area contributed by atoms with Crippen molar-refractivity contribution in [1.82, 2.24) is 10.1 Å². The lowest BCUT2D eigenvalue weighted by Crippen LogP contribution is -2.05. The smallest absolute Gasteiger partial charge is 0.243 e. The summed E-state index contributed by atoms with van der Waals surface area (Å²) in [5.74, 6) is 3.20. The van der Waals surface area contributed by atoms with Crippen LogP contribution in [0.3, 0.4) is 0 Å². The molecule has 74 valence electrons. The first-order valence-corrected chi connectivity index (χ1v) is 5.55. The molecule has 0 amide bonds. The van der Waals surface area contributed by atoms with Gasteiger partial charge in [0, 0.05) is 0 Å². The summed E-state index contributed by atoms with van der Waals surface area (Å²) in [7, 11) is 0. The highest BCUT2D eigenvalue weighted by atomic mass is 32.2. The van der Waals surface area contributed by atoms with Crippen LogP contribution in [0, 0.1) is 0 Å². The van der Waals surface area contributed by atoms with Gasteiger partial charge in [0.15, 0.2) is 5.82 Å². The molecular weight excluding hydrogens is 186 g/mol. The fraction of sp³-hybridized carbons (Fsp3) is 0.750. The van der Waals surface area contributed by atoms with Gasteiger partial charge in [-0.1, -0.05) is 12.1 Å². The molecule has 1 aromatic heterocycles. The number of hydrogen-bond acceptors (Lipinski definition) is 5. The van der Waals surface area contributed by atoms with E-state index < -0.39 is 0 Å². The molecule has 0 bridgehead atoms. The van der Waals surface area contributed by atoms with Crippen molar-refractivity contribution >= 4 is 11.8 Å². The van der Waals surface area contributed by atoms with Crippen molar-refractivity contribution in [3.05, 3.63) is 11.7 Å². The molecule has 1 aromatic rings. The molecule has 0 radical (unpaired) electrons. The van der Waals surface area contributed by atoms with E-state index in [1.807, 2.05) is 6.92 Å². The van der Waals surface area contributed by atoms with Crippen molar-refractivity contribution in [3.63, 3.8) is 0 Å². The molecule has 0 aliphatic heterocycles. The summed E-state index contributed by atoms with van der Waals surface area (Å²) < 4.78 is 4.96. The van der Waals surface area contributed by atoms with E-state index in [2.05, 4.69) is 17.1 Å². The number of hydrogen-bond donors (Lipinski definition) is 1. The van der Waals surface area contributed by atoms with Crippen molar-refractivity contribution in [2.75, 3.05) is 5.75 Å². The molecule has 0 aromatic carbocycles. The Bertz CT molecular complexity index is 249. The third kappa shape index (κ3) is 3.36. The summed E-state index contributed by atoms with van der Waals surface area (Å²) in [6.07, 6.45) is 1.17. The van der Waals surface area contributed by atoms with Crippen LogP contribution < -0.4 is 5.73 Å². The summed E-state index contributed by atoms with van der Waals surface area (Å²) in [4.78, 5) is 4.16. The molecule has 0 aliphatic rings. The summed E-state index contributed by atoms with van der Waals surface area (Å²) in [5.41, 5.74) is 5.58.